The predicted molar refractivity (Wildman–Crippen MR) is 118 cm³/mol. The SMILES string of the molecule is CC1CC(C)(Cc2ccc(C(=O)C(C)(C)O)cc2)c2cc(C(=O)C(C)(C)O)ccc21. The quantitative estimate of drug-likeness (QED) is 0.685. The second kappa shape index (κ2) is 7.44. The molecule has 0 spiro atoms. The van der Waals surface area contributed by atoms with E-state index in [0.717, 1.165) is 24.0 Å². The molecule has 0 fully saturated rings. The normalized spacial score (nSPS) is 21.4. The molecule has 2 N–H and O–H groups in total. The number of carbonyl (C=O) groups is 2. The van der Waals surface area contributed by atoms with Crippen LogP contribution in [-0.2, 0) is 11.8 Å². The van der Waals surface area contributed by atoms with E-state index in [-0.39, 0.29) is 17.0 Å². The molecule has 2 aromatic carbocycles. The first-order valence-electron chi connectivity index (χ1n) is 10.5. The van der Waals surface area contributed by atoms with Crippen LogP contribution in [0.4, 0.5) is 0 Å². The maximum absolute atomic E-state index is 12.6. The Hall–Kier alpha value is -2.30. The maximum atomic E-state index is 12.6. The van der Waals surface area contributed by atoms with Crippen LogP contribution in [0.15, 0.2) is 42.5 Å². The summed E-state index contributed by atoms with van der Waals surface area (Å²) in [6.07, 6.45) is 1.74. The lowest BCUT2D eigenvalue weighted by Gasteiger charge is -2.27. The maximum Gasteiger partial charge on any atom is 0.193 e. The molecule has 0 saturated heterocycles. The highest BCUT2D eigenvalue weighted by Gasteiger charge is 2.39. The molecule has 0 amide bonds. The van der Waals surface area contributed by atoms with Gasteiger partial charge in [0.05, 0.1) is 0 Å². The van der Waals surface area contributed by atoms with Crippen molar-refractivity contribution in [3.8, 4) is 0 Å². The molecule has 2 aromatic rings. The van der Waals surface area contributed by atoms with Crippen LogP contribution in [0.3, 0.4) is 0 Å². The van der Waals surface area contributed by atoms with Crippen molar-refractivity contribution in [2.75, 3.05) is 0 Å². The Balaban J connectivity index is 1.91. The summed E-state index contributed by atoms with van der Waals surface area (Å²) in [6, 6.07) is 13.2. The molecule has 1 aliphatic rings. The largest absolute Gasteiger partial charge is 0.382 e. The summed E-state index contributed by atoms with van der Waals surface area (Å²) < 4.78 is 0. The fourth-order valence-electron chi connectivity index (χ4n) is 4.64. The summed E-state index contributed by atoms with van der Waals surface area (Å²) in [6.45, 7) is 10.4. The number of Topliss-reactive ketones (excluding diaryl/α,β-unsaturated/α-hetero) is 2. The average Bonchev–Trinajstić information content (AvgIpc) is 2.89. The van der Waals surface area contributed by atoms with Gasteiger partial charge >= 0.3 is 0 Å². The third-order valence-corrected chi connectivity index (χ3v) is 6.18. The van der Waals surface area contributed by atoms with Crippen LogP contribution in [0, 0.1) is 0 Å². The lowest BCUT2D eigenvalue weighted by atomic mass is 9.77. The Labute approximate surface area is 179 Å². The van der Waals surface area contributed by atoms with Crippen molar-refractivity contribution in [1.29, 1.82) is 0 Å². The average molecular weight is 409 g/mol. The lowest BCUT2D eigenvalue weighted by molar-refractivity contribution is 0.0487. The van der Waals surface area contributed by atoms with Gasteiger partial charge in [-0.1, -0.05) is 50.2 Å². The first kappa shape index (κ1) is 22.4. The minimum atomic E-state index is -1.41. The summed E-state index contributed by atoms with van der Waals surface area (Å²) in [5.41, 5.74) is 1.59. The Kier molecular flexibility index (Phi) is 5.55. The van der Waals surface area contributed by atoms with E-state index >= 15 is 0 Å². The van der Waals surface area contributed by atoms with Gasteiger partial charge in [-0.25, -0.2) is 0 Å². The number of rotatable bonds is 6. The number of aliphatic hydroxyl groups is 2. The molecule has 1 aliphatic carbocycles. The predicted octanol–water partition coefficient (Wildman–Crippen LogP) is 4.60. The van der Waals surface area contributed by atoms with E-state index in [9.17, 15) is 19.8 Å². The lowest BCUT2D eigenvalue weighted by Crippen LogP contribution is -2.31. The van der Waals surface area contributed by atoms with Crippen molar-refractivity contribution in [3.63, 3.8) is 0 Å². The van der Waals surface area contributed by atoms with E-state index < -0.39 is 11.2 Å². The molecule has 4 nitrogen and oxygen atoms in total. The van der Waals surface area contributed by atoms with Crippen LogP contribution in [0.25, 0.3) is 0 Å². The molecule has 0 bridgehead atoms. The van der Waals surface area contributed by atoms with E-state index in [1.807, 2.05) is 30.3 Å². The number of fused-ring (bicyclic) bond motifs is 1. The molecule has 160 valence electrons. The minimum absolute atomic E-state index is 0.146. The molecular formula is C26H32O4. The van der Waals surface area contributed by atoms with E-state index in [4.69, 9.17) is 0 Å². The highest BCUT2D eigenvalue weighted by atomic mass is 16.3. The van der Waals surface area contributed by atoms with E-state index in [2.05, 4.69) is 13.8 Å². The summed E-state index contributed by atoms with van der Waals surface area (Å²) in [5.74, 6) is -0.191. The molecule has 2 unspecified atom stereocenters. The topological polar surface area (TPSA) is 74.6 Å². The standard InChI is InChI=1S/C26H32O4/c1-16-14-26(6,15-17-7-9-18(10-8-17)22(27)24(2,3)29)21-13-19(11-12-20(16)21)23(28)25(4,5)30/h7-13,16,29-30H,14-15H2,1-6H3. The summed E-state index contributed by atoms with van der Waals surface area (Å²) >= 11 is 0. The fourth-order valence-corrected chi connectivity index (χ4v) is 4.64. The minimum Gasteiger partial charge on any atom is -0.382 e. The molecule has 0 radical (unpaired) electrons. The first-order valence-corrected chi connectivity index (χ1v) is 10.5. The van der Waals surface area contributed by atoms with Gasteiger partial charge in [0, 0.05) is 11.1 Å². The van der Waals surface area contributed by atoms with Gasteiger partial charge in [0.15, 0.2) is 11.6 Å². The fraction of sp³-hybridized carbons (Fsp3) is 0.462. The first-order chi connectivity index (χ1) is 13.7. The number of hydrogen-bond donors (Lipinski definition) is 2. The molecule has 4 heteroatoms. The molecule has 3 rings (SSSR count). The highest BCUT2D eigenvalue weighted by Crippen LogP contribution is 2.48. The Bertz CT molecular complexity index is 974. The van der Waals surface area contributed by atoms with Gasteiger partial charge in [-0.15, -0.1) is 0 Å². The molecule has 2 atom stereocenters. The van der Waals surface area contributed by atoms with Crippen LogP contribution < -0.4 is 0 Å². The van der Waals surface area contributed by atoms with E-state index in [1.54, 1.807) is 12.1 Å². The van der Waals surface area contributed by atoms with Crippen LogP contribution >= 0.6 is 0 Å². The van der Waals surface area contributed by atoms with Gasteiger partial charge in [0.25, 0.3) is 0 Å². The van der Waals surface area contributed by atoms with Crippen LogP contribution in [0.2, 0.25) is 0 Å². The van der Waals surface area contributed by atoms with Crippen molar-refractivity contribution in [2.24, 2.45) is 0 Å². The molecule has 0 heterocycles. The molecule has 0 aliphatic heterocycles. The summed E-state index contributed by atoms with van der Waals surface area (Å²) in [7, 11) is 0. The zero-order valence-corrected chi connectivity index (χ0v) is 18.7. The third kappa shape index (κ3) is 4.26. The number of ketones is 2. The van der Waals surface area contributed by atoms with Crippen LogP contribution in [0.1, 0.15) is 91.3 Å². The second-order valence-corrected chi connectivity index (χ2v) is 10.1. The Morgan fingerprint density at radius 1 is 0.933 bits per heavy atom. The molecule has 0 aromatic heterocycles. The number of benzene rings is 2. The molecular weight excluding hydrogens is 376 g/mol. The van der Waals surface area contributed by atoms with Gasteiger partial charge in [0.1, 0.15) is 11.2 Å². The highest BCUT2D eigenvalue weighted by molar-refractivity contribution is 6.02. The molecule has 0 saturated carbocycles. The Morgan fingerprint density at radius 2 is 1.43 bits per heavy atom. The van der Waals surface area contributed by atoms with Gasteiger partial charge in [-0.2, -0.15) is 0 Å². The van der Waals surface area contributed by atoms with Crippen molar-refractivity contribution in [3.05, 3.63) is 70.3 Å². The van der Waals surface area contributed by atoms with Crippen molar-refractivity contribution >= 4 is 11.6 Å². The van der Waals surface area contributed by atoms with Crippen molar-refractivity contribution in [2.45, 2.75) is 76.9 Å². The van der Waals surface area contributed by atoms with Crippen LogP contribution in [-0.4, -0.2) is 33.0 Å². The second-order valence-electron chi connectivity index (χ2n) is 10.1. The van der Waals surface area contributed by atoms with E-state index in [0.29, 0.717) is 17.0 Å². The van der Waals surface area contributed by atoms with Crippen molar-refractivity contribution in [1.82, 2.24) is 0 Å². The Morgan fingerprint density at radius 3 is 1.97 bits per heavy atom. The molecule has 30 heavy (non-hydrogen) atoms. The van der Waals surface area contributed by atoms with Crippen molar-refractivity contribution < 1.29 is 19.8 Å². The zero-order valence-electron chi connectivity index (χ0n) is 18.7. The van der Waals surface area contributed by atoms with Gasteiger partial charge < -0.3 is 10.2 Å². The zero-order chi connectivity index (χ0) is 22.5. The van der Waals surface area contributed by atoms with Gasteiger partial charge in [-0.3, -0.25) is 9.59 Å². The smallest absolute Gasteiger partial charge is 0.193 e. The van der Waals surface area contributed by atoms with Gasteiger partial charge in [0.2, 0.25) is 0 Å². The number of carbonyl (C=O) groups excluding carboxylic acids is 2. The third-order valence-electron chi connectivity index (χ3n) is 6.18. The number of hydrogen-bond acceptors (Lipinski definition) is 4. The van der Waals surface area contributed by atoms with Gasteiger partial charge in [-0.05, 0) is 74.6 Å². The summed E-state index contributed by atoms with van der Waals surface area (Å²) in [4.78, 5) is 24.9. The summed E-state index contributed by atoms with van der Waals surface area (Å²) in [5, 5.41) is 20.1. The monoisotopic (exact) mass is 408 g/mol. The van der Waals surface area contributed by atoms with E-state index in [1.165, 1.54) is 33.3 Å². The van der Waals surface area contributed by atoms with Crippen LogP contribution in [0.5, 0.6) is 0 Å².